The highest BCUT2D eigenvalue weighted by molar-refractivity contribution is 9.09. The minimum atomic E-state index is 0.703. The molecular formula is C11H14BrClN2. The molecule has 2 nitrogen and oxygen atoms in total. The van der Waals surface area contributed by atoms with E-state index in [0.717, 1.165) is 30.2 Å². The first-order valence-corrected chi connectivity index (χ1v) is 6.72. The SMILES string of the molecule is Clc1ccc(N2CCC(CBr)CC2)nc1. The van der Waals surface area contributed by atoms with E-state index in [4.69, 9.17) is 11.6 Å². The molecule has 0 N–H and O–H groups in total. The molecular weight excluding hydrogens is 275 g/mol. The third kappa shape index (κ3) is 2.85. The van der Waals surface area contributed by atoms with E-state index in [1.165, 1.54) is 12.8 Å². The predicted octanol–water partition coefficient (Wildman–Crippen LogP) is 3.35. The number of nitrogens with zero attached hydrogens (tertiary/aromatic N) is 2. The minimum Gasteiger partial charge on any atom is -0.357 e. The molecule has 1 aliphatic heterocycles. The van der Waals surface area contributed by atoms with Crippen LogP contribution in [0.15, 0.2) is 18.3 Å². The molecule has 0 unspecified atom stereocenters. The van der Waals surface area contributed by atoms with E-state index < -0.39 is 0 Å². The van der Waals surface area contributed by atoms with Crippen molar-refractivity contribution < 1.29 is 0 Å². The van der Waals surface area contributed by atoms with Gasteiger partial charge < -0.3 is 4.90 Å². The molecule has 1 aromatic rings. The lowest BCUT2D eigenvalue weighted by Crippen LogP contribution is -2.34. The fourth-order valence-corrected chi connectivity index (χ4v) is 2.63. The molecule has 1 aliphatic rings. The zero-order valence-corrected chi connectivity index (χ0v) is 10.8. The molecule has 0 bridgehead atoms. The molecule has 0 atom stereocenters. The van der Waals surface area contributed by atoms with Gasteiger partial charge in [-0.15, -0.1) is 0 Å². The van der Waals surface area contributed by atoms with Crippen LogP contribution >= 0.6 is 27.5 Å². The standard InChI is InChI=1S/C11H14BrClN2/c12-7-9-3-5-15(6-4-9)11-2-1-10(13)8-14-11/h1-2,8-9H,3-7H2. The zero-order valence-electron chi connectivity index (χ0n) is 8.50. The summed E-state index contributed by atoms with van der Waals surface area (Å²) in [5.74, 6) is 1.88. The van der Waals surface area contributed by atoms with Crippen molar-refractivity contribution in [2.45, 2.75) is 12.8 Å². The van der Waals surface area contributed by atoms with E-state index in [1.54, 1.807) is 6.20 Å². The quantitative estimate of drug-likeness (QED) is 0.776. The van der Waals surface area contributed by atoms with Crippen LogP contribution in [-0.4, -0.2) is 23.4 Å². The fourth-order valence-electron chi connectivity index (χ4n) is 1.87. The number of hydrogen-bond acceptors (Lipinski definition) is 2. The number of anilines is 1. The maximum Gasteiger partial charge on any atom is 0.128 e. The summed E-state index contributed by atoms with van der Waals surface area (Å²) >= 11 is 9.35. The van der Waals surface area contributed by atoms with Crippen LogP contribution in [0.5, 0.6) is 0 Å². The van der Waals surface area contributed by atoms with Gasteiger partial charge in [0.1, 0.15) is 5.82 Å². The van der Waals surface area contributed by atoms with Crippen LogP contribution < -0.4 is 4.90 Å². The van der Waals surface area contributed by atoms with Crippen molar-refractivity contribution in [2.75, 3.05) is 23.3 Å². The molecule has 0 amide bonds. The molecule has 1 saturated heterocycles. The van der Waals surface area contributed by atoms with E-state index in [2.05, 4.69) is 25.8 Å². The van der Waals surface area contributed by atoms with Crippen molar-refractivity contribution in [1.82, 2.24) is 4.98 Å². The summed E-state index contributed by atoms with van der Waals surface area (Å²) in [6.45, 7) is 2.20. The highest BCUT2D eigenvalue weighted by Gasteiger charge is 2.18. The van der Waals surface area contributed by atoms with Crippen LogP contribution in [0.25, 0.3) is 0 Å². The Hall–Kier alpha value is -0.280. The van der Waals surface area contributed by atoms with E-state index in [-0.39, 0.29) is 0 Å². The summed E-state index contributed by atoms with van der Waals surface area (Å²) in [6.07, 6.45) is 4.21. The van der Waals surface area contributed by atoms with Gasteiger partial charge in [-0.1, -0.05) is 27.5 Å². The number of hydrogen-bond donors (Lipinski definition) is 0. The Morgan fingerprint density at radius 3 is 2.67 bits per heavy atom. The lowest BCUT2D eigenvalue weighted by molar-refractivity contribution is 0.445. The van der Waals surface area contributed by atoms with Gasteiger partial charge in [-0.25, -0.2) is 4.98 Å². The highest BCUT2D eigenvalue weighted by Crippen LogP contribution is 2.23. The molecule has 0 radical (unpaired) electrons. The molecule has 1 aromatic heterocycles. The smallest absolute Gasteiger partial charge is 0.128 e. The van der Waals surface area contributed by atoms with Gasteiger partial charge in [0, 0.05) is 24.6 Å². The second kappa shape index (κ2) is 5.17. The van der Waals surface area contributed by atoms with Gasteiger partial charge in [0.2, 0.25) is 0 Å². The zero-order chi connectivity index (χ0) is 10.7. The van der Waals surface area contributed by atoms with E-state index in [1.807, 2.05) is 12.1 Å². The van der Waals surface area contributed by atoms with Gasteiger partial charge in [-0.2, -0.15) is 0 Å². The van der Waals surface area contributed by atoms with Crippen molar-refractivity contribution >= 4 is 33.3 Å². The maximum atomic E-state index is 5.81. The lowest BCUT2D eigenvalue weighted by Gasteiger charge is -2.31. The van der Waals surface area contributed by atoms with Gasteiger partial charge in [0.05, 0.1) is 5.02 Å². The molecule has 82 valence electrons. The summed E-state index contributed by atoms with van der Waals surface area (Å²) in [7, 11) is 0. The summed E-state index contributed by atoms with van der Waals surface area (Å²) in [4.78, 5) is 6.66. The fraction of sp³-hybridized carbons (Fsp3) is 0.545. The summed E-state index contributed by atoms with van der Waals surface area (Å²) in [5, 5.41) is 1.82. The van der Waals surface area contributed by atoms with Gasteiger partial charge >= 0.3 is 0 Å². The van der Waals surface area contributed by atoms with Gasteiger partial charge in [-0.05, 0) is 30.9 Å². The van der Waals surface area contributed by atoms with Crippen molar-refractivity contribution in [3.8, 4) is 0 Å². The summed E-state index contributed by atoms with van der Waals surface area (Å²) in [5.41, 5.74) is 0. The molecule has 0 aromatic carbocycles. The number of rotatable bonds is 2. The lowest BCUT2D eigenvalue weighted by atomic mass is 9.99. The normalized spacial score (nSPS) is 18.1. The number of alkyl halides is 1. The molecule has 0 spiro atoms. The van der Waals surface area contributed by atoms with Gasteiger partial charge in [-0.3, -0.25) is 0 Å². The maximum absolute atomic E-state index is 5.81. The van der Waals surface area contributed by atoms with Crippen LogP contribution in [0, 0.1) is 5.92 Å². The first-order valence-electron chi connectivity index (χ1n) is 5.22. The highest BCUT2D eigenvalue weighted by atomic mass is 79.9. The number of piperidine rings is 1. The van der Waals surface area contributed by atoms with Crippen molar-refractivity contribution in [1.29, 1.82) is 0 Å². The second-order valence-corrected chi connectivity index (χ2v) is 5.00. The number of aromatic nitrogens is 1. The third-order valence-electron chi connectivity index (χ3n) is 2.87. The van der Waals surface area contributed by atoms with Crippen LogP contribution in [0.4, 0.5) is 5.82 Å². The van der Waals surface area contributed by atoms with Crippen LogP contribution in [0.2, 0.25) is 5.02 Å². The van der Waals surface area contributed by atoms with Crippen LogP contribution in [-0.2, 0) is 0 Å². The predicted molar refractivity (Wildman–Crippen MR) is 68.0 cm³/mol. The molecule has 4 heteroatoms. The average Bonchev–Trinajstić information content (AvgIpc) is 2.30. The topological polar surface area (TPSA) is 16.1 Å². The van der Waals surface area contributed by atoms with Gasteiger partial charge in [0.25, 0.3) is 0 Å². The number of halogens is 2. The Labute approximate surface area is 104 Å². The van der Waals surface area contributed by atoms with Crippen molar-refractivity contribution in [2.24, 2.45) is 5.92 Å². The largest absolute Gasteiger partial charge is 0.357 e. The molecule has 0 aliphatic carbocycles. The molecule has 0 saturated carbocycles. The Morgan fingerprint density at radius 1 is 1.40 bits per heavy atom. The van der Waals surface area contributed by atoms with E-state index in [9.17, 15) is 0 Å². The molecule has 15 heavy (non-hydrogen) atoms. The average molecular weight is 290 g/mol. The van der Waals surface area contributed by atoms with Crippen molar-refractivity contribution in [3.05, 3.63) is 23.4 Å². The Morgan fingerprint density at radius 2 is 2.13 bits per heavy atom. The molecule has 1 fully saturated rings. The second-order valence-electron chi connectivity index (χ2n) is 3.92. The Balaban J connectivity index is 1.98. The number of pyridine rings is 1. The first-order chi connectivity index (χ1) is 7.29. The Kier molecular flexibility index (Phi) is 3.87. The third-order valence-corrected chi connectivity index (χ3v) is 4.01. The first kappa shape index (κ1) is 11.2. The monoisotopic (exact) mass is 288 g/mol. The van der Waals surface area contributed by atoms with Gasteiger partial charge in [0.15, 0.2) is 0 Å². The van der Waals surface area contributed by atoms with E-state index in [0.29, 0.717) is 5.02 Å². The molecule has 2 heterocycles. The minimum absolute atomic E-state index is 0.703. The van der Waals surface area contributed by atoms with E-state index >= 15 is 0 Å². The van der Waals surface area contributed by atoms with Crippen molar-refractivity contribution in [3.63, 3.8) is 0 Å². The summed E-state index contributed by atoms with van der Waals surface area (Å²) < 4.78 is 0. The Bertz CT molecular complexity index is 307. The molecule has 2 rings (SSSR count). The summed E-state index contributed by atoms with van der Waals surface area (Å²) in [6, 6.07) is 3.90. The van der Waals surface area contributed by atoms with Crippen LogP contribution in [0.3, 0.4) is 0 Å². The van der Waals surface area contributed by atoms with Crippen LogP contribution in [0.1, 0.15) is 12.8 Å².